The van der Waals surface area contributed by atoms with Gasteiger partial charge in [-0.15, -0.1) is 0 Å². The van der Waals surface area contributed by atoms with E-state index in [1.54, 1.807) is 30.3 Å². The van der Waals surface area contributed by atoms with Crippen molar-refractivity contribution < 1.29 is 8.78 Å². The summed E-state index contributed by atoms with van der Waals surface area (Å²) in [5.74, 6) is 0.303. The van der Waals surface area contributed by atoms with Crippen LogP contribution in [0.15, 0.2) is 54.7 Å². The summed E-state index contributed by atoms with van der Waals surface area (Å²) in [7, 11) is 0. The molecule has 2 unspecified atom stereocenters. The zero-order valence-corrected chi connectivity index (χ0v) is 15.2. The van der Waals surface area contributed by atoms with Crippen molar-refractivity contribution in [3.63, 3.8) is 0 Å². The summed E-state index contributed by atoms with van der Waals surface area (Å²) in [5, 5.41) is 0. The molecule has 2 aliphatic carbocycles. The molecule has 3 aromatic rings. The Balaban J connectivity index is 1.63. The summed E-state index contributed by atoms with van der Waals surface area (Å²) in [6.45, 7) is 2.06. The summed E-state index contributed by atoms with van der Waals surface area (Å²) in [4.78, 5) is 3.28. The van der Waals surface area contributed by atoms with Gasteiger partial charge in [-0.1, -0.05) is 30.3 Å². The zero-order valence-electron chi connectivity index (χ0n) is 15.2. The van der Waals surface area contributed by atoms with Crippen LogP contribution in [0, 0.1) is 30.4 Å². The summed E-state index contributed by atoms with van der Waals surface area (Å²) in [6, 6.07) is 13.8. The van der Waals surface area contributed by atoms with Gasteiger partial charge >= 0.3 is 0 Å². The van der Waals surface area contributed by atoms with E-state index in [2.05, 4.69) is 24.2 Å². The number of hydrogen-bond acceptors (Lipinski definition) is 0. The molecule has 1 nitrogen and oxygen atoms in total. The molecule has 2 bridgehead atoms. The molecule has 0 aliphatic heterocycles. The molecule has 2 aromatic carbocycles. The van der Waals surface area contributed by atoms with Crippen LogP contribution in [-0.4, -0.2) is 4.98 Å². The summed E-state index contributed by atoms with van der Waals surface area (Å²) >= 11 is 0. The molecule has 0 amide bonds. The van der Waals surface area contributed by atoms with Crippen molar-refractivity contribution in [1.29, 1.82) is 0 Å². The fraction of sp³-hybridized carbons (Fsp3) is 0.250. The first-order chi connectivity index (χ1) is 13.1. The third kappa shape index (κ3) is 2.64. The molecular weight excluding hydrogens is 340 g/mol. The monoisotopic (exact) mass is 361 g/mol. The zero-order chi connectivity index (χ0) is 18.5. The largest absolute Gasteiger partial charge is 0.365 e. The maximum atomic E-state index is 14.9. The molecular formula is C24H21F2N. The lowest BCUT2D eigenvalue weighted by molar-refractivity contribution is 0.615. The Morgan fingerprint density at radius 3 is 2.19 bits per heavy atom. The third-order valence-electron chi connectivity index (χ3n) is 6.12. The second-order valence-corrected chi connectivity index (χ2v) is 7.78. The second kappa shape index (κ2) is 6.19. The van der Waals surface area contributed by atoms with Crippen LogP contribution in [0.5, 0.6) is 0 Å². The van der Waals surface area contributed by atoms with Crippen LogP contribution in [0.25, 0.3) is 22.3 Å². The molecule has 1 fully saturated rings. The number of rotatable bonds is 3. The van der Waals surface area contributed by atoms with Crippen LogP contribution in [0.4, 0.5) is 8.78 Å². The van der Waals surface area contributed by atoms with Gasteiger partial charge in [0.05, 0.1) is 0 Å². The van der Waals surface area contributed by atoms with Gasteiger partial charge in [0.15, 0.2) is 0 Å². The first kappa shape index (κ1) is 16.5. The lowest BCUT2D eigenvalue weighted by atomic mass is 9.84. The molecule has 27 heavy (non-hydrogen) atoms. The van der Waals surface area contributed by atoms with E-state index in [9.17, 15) is 8.78 Å². The maximum absolute atomic E-state index is 14.9. The fourth-order valence-corrected chi connectivity index (χ4v) is 4.97. The van der Waals surface area contributed by atoms with Crippen molar-refractivity contribution in [1.82, 2.24) is 4.98 Å². The van der Waals surface area contributed by atoms with E-state index in [1.807, 2.05) is 6.07 Å². The Morgan fingerprint density at radius 1 is 0.815 bits per heavy atom. The quantitative estimate of drug-likeness (QED) is 0.540. The van der Waals surface area contributed by atoms with E-state index in [-0.39, 0.29) is 5.82 Å². The minimum Gasteiger partial charge on any atom is -0.365 e. The molecule has 0 saturated heterocycles. The van der Waals surface area contributed by atoms with Gasteiger partial charge in [-0.25, -0.2) is 8.78 Å². The summed E-state index contributed by atoms with van der Waals surface area (Å²) < 4.78 is 29.0. The number of aryl methyl sites for hydroxylation is 1. The van der Waals surface area contributed by atoms with Crippen molar-refractivity contribution in [2.24, 2.45) is 11.8 Å². The van der Waals surface area contributed by atoms with Gasteiger partial charge in [-0.3, -0.25) is 0 Å². The van der Waals surface area contributed by atoms with Crippen LogP contribution in [0.3, 0.4) is 0 Å². The molecule has 1 saturated carbocycles. The van der Waals surface area contributed by atoms with Crippen molar-refractivity contribution in [3.8, 4) is 11.1 Å². The number of nitrogens with one attached hydrogen (secondary N) is 1. The lowest BCUT2D eigenvalue weighted by Crippen LogP contribution is -2.03. The third-order valence-corrected chi connectivity index (χ3v) is 6.12. The highest BCUT2D eigenvalue weighted by Gasteiger charge is 2.40. The lowest BCUT2D eigenvalue weighted by Gasteiger charge is -2.20. The smallest absolute Gasteiger partial charge is 0.131 e. The molecule has 136 valence electrons. The molecule has 1 N–H and O–H groups in total. The van der Waals surface area contributed by atoms with Crippen LogP contribution < -0.4 is 0 Å². The minimum absolute atomic E-state index is 0.310. The molecule has 1 aromatic heterocycles. The number of fused-ring (bicyclic) bond motifs is 2. The molecule has 5 rings (SSSR count). The minimum atomic E-state index is -0.397. The summed E-state index contributed by atoms with van der Waals surface area (Å²) in [6.07, 6.45) is 5.61. The van der Waals surface area contributed by atoms with Gasteiger partial charge in [0.1, 0.15) is 11.6 Å². The highest BCUT2D eigenvalue weighted by Crippen LogP contribution is 2.56. The Bertz CT molecular complexity index is 1060. The molecule has 1 heterocycles. The first-order valence-corrected chi connectivity index (χ1v) is 9.56. The molecule has 2 atom stereocenters. The van der Waals surface area contributed by atoms with Crippen LogP contribution in [0.2, 0.25) is 0 Å². The van der Waals surface area contributed by atoms with E-state index >= 15 is 0 Å². The molecule has 3 heteroatoms. The Labute approximate surface area is 157 Å². The maximum Gasteiger partial charge on any atom is 0.131 e. The predicted molar refractivity (Wildman–Crippen MR) is 105 cm³/mol. The highest BCUT2D eigenvalue weighted by molar-refractivity contribution is 5.96. The van der Waals surface area contributed by atoms with Gasteiger partial charge in [0, 0.05) is 23.0 Å². The Morgan fingerprint density at radius 2 is 1.52 bits per heavy atom. The molecule has 0 spiro atoms. The van der Waals surface area contributed by atoms with E-state index in [0.717, 1.165) is 17.7 Å². The number of benzene rings is 2. The average Bonchev–Trinajstić information content (AvgIpc) is 3.38. The molecule has 0 radical (unpaired) electrons. The topological polar surface area (TPSA) is 15.8 Å². The molecule has 2 aliphatic rings. The van der Waals surface area contributed by atoms with E-state index in [4.69, 9.17) is 0 Å². The number of allylic oxidation sites excluding steroid dienone is 2. The number of halogens is 2. The van der Waals surface area contributed by atoms with E-state index < -0.39 is 5.82 Å². The van der Waals surface area contributed by atoms with Crippen molar-refractivity contribution in [2.45, 2.75) is 26.2 Å². The fourth-order valence-electron chi connectivity index (χ4n) is 4.97. The standard InChI is InChI=1S/C24H21F2N/c1-14-10-18(13-27-14)24-16-7-6-15(11-16)23(24)17-8-9-20(22(26)12-17)19-4-2-3-5-21(19)25/h2-5,8-10,12-13,15-16,27H,6-7,11H2,1H3. The van der Waals surface area contributed by atoms with Crippen molar-refractivity contribution in [2.75, 3.05) is 0 Å². The van der Waals surface area contributed by atoms with Crippen molar-refractivity contribution in [3.05, 3.63) is 83.2 Å². The number of hydrogen-bond donors (Lipinski definition) is 1. The first-order valence-electron chi connectivity index (χ1n) is 9.56. The number of aromatic amines is 1. The van der Waals surface area contributed by atoms with Gasteiger partial charge < -0.3 is 4.98 Å². The van der Waals surface area contributed by atoms with Crippen molar-refractivity contribution >= 4 is 11.1 Å². The van der Waals surface area contributed by atoms with Gasteiger partial charge in [-0.2, -0.15) is 0 Å². The normalized spacial score (nSPS) is 21.3. The number of H-pyrrole nitrogens is 1. The SMILES string of the molecule is Cc1cc(C2=C(c3ccc(-c4ccccc4F)c(F)c3)C3CCC2C3)c[nH]1. The van der Waals surface area contributed by atoms with Gasteiger partial charge in [0.2, 0.25) is 0 Å². The predicted octanol–water partition coefficient (Wildman–Crippen LogP) is 6.61. The van der Waals surface area contributed by atoms with Gasteiger partial charge in [-0.05, 0) is 78.5 Å². The average molecular weight is 361 g/mol. The summed E-state index contributed by atoms with van der Waals surface area (Å²) in [5.41, 5.74) is 6.59. The van der Waals surface area contributed by atoms with Crippen LogP contribution in [-0.2, 0) is 0 Å². The Hall–Kier alpha value is -2.68. The second-order valence-electron chi connectivity index (χ2n) is 7.78. The van der Waals surface area contributed by atoms with E-state index in [0.29, 0.717) is 23.0 Å². The number of aromatic nitrogens is 1. The van der Waals surface area contributed by atoms with E-state index in [1.165, 1.54) is 35.6 Å². The highest BCUT2D eigenvalue weighted by atomic mass is 19.1. The van der Waals surface area contributed by atoms with Crippen LogP contribution in [0.1, 0.15) is 36.1 Å². The van der Waals surface area contributed by atoms with Crippen LogP contribution >= 0.6 is 0 Å². The Kier molecular flexibility index (Phi) is 3.78. The van der Waals surface area contributed by atoms with Gasteiger partial charge in [0.25, 0.3) is 0 Å².